The molecule has 72 valence electrons. The van der Waals surface area contributed by atoms with Crippen molar-refractivity contribution in [1.29, 1.82) is 0 Å². The lowest BCUT2D eigenvalue weighted by Gasteiger charge is -2.26. The van der Waals surface area contributed by atoms with Gasteiger partial charge in [0.25, 0.3) is 0 Å². The van der Waals surface area contributed by atoms with Crippen LogP contribution in [0.15, 0.2) is 0 Å². The smallest absolute Gasteiger partial charge is 0.0234 e. The summed E-state index contributed by atoms with van der Waals surface area (Å²) in [4.78, 5) is 0. The second-order valence-electron chi connectivity index (χ2n) is 3.86. The van der Waals surface area contributed by atoms with Gasteiger partial charge in [0.05, 0.1) is 0 Å². The van der Waals surface area contributed by atoms with Gasteiger partial charge in [0.1, 0.15) is 0 Å². The molecule has 1 saturated carbocycles. The van der Waals surface area contributed by atoms with Gasteiger partial charge in [-0.05, 0) is 25.2 Å². The molecule has 1 aliphatic carbocycles. The number of rotatable bonds is 3. The van der Waals surface area contributed by atoms with Gasteiger partial charge in [-0.1, -0.05) is 12.8 Å². The molecule has 3 unspecified atom stereocenters. The van der Waals surface area contributed by atoms with Gasteiger partial charge in [-0.2, -0.15) is 0 Å². The summed E-state index contributed by atoms with van der Waals surface area (Å²) in [5.41, 5.74) is 5.86. The van der Waals surface area contributed by atoms with Gasteiger partial charge < -0.3 is 5.73 Å². The molecule has 0 heterocycles. The van der Waals surface area contributed by atoms with Crippen molar-refractivity contribution in [2.75, 3.05) is 12.0 Å². The molecular weight excluding hydrogens is 170 g/mol. The summed E-state index contributed by atoms with van der Waals surface area (Å²) in [7, 11) is -0.619. The summed E-state index contributed by atoms with van der Waals surface area (Å²) in [5.74, 6) is 1.61. The molecule has 0 bridgehead atoms. The van der Waals surface area contributed by atoms with E-state index in [4.69, 9.17) is 5.73 Å². The summed E-state index contributed by atoms with van der Waals surface area (Å²) in [6, 6.07) is 0.411. The molecule has 1 fully saturated rings. The highest BCUT2D eigenvalue weighted by molar-refractivity contribution is 7.84. The van der Waals surface area contributed by atoms with Crippen LogP contribution in [-0.2, 0) is 10.8 Å². The van der Waals surface area contributed by atoms with Gasteiger partial charge >= 0.3 is 0 Å². The Balaban J connectivity index is 2.18. The van der Waals surface area contributed by atoms with Crippen LogP contribution in [0.2, 0.25) is 0 Å². The fourth-order valence-corrected chi connectivity index (χ4v) is 2.59. The van der Waals surface area contributed by atoms with E-state index in [0.717, 1.165) is 24.5 Å². The molecule has 0 amide bonds. The Bertz CT molecular complexity index is 161. The minimum absolute atomic E-state index is 0.411. The van der Waals surface area contributed by atoms with E-state index >= 15 is 0 Å². The predicted octanol–water partition coefficient (Wildman–Crippen LogP) is 1.27. The minimum Gasteiger partial charge on any atom is -0.328 e. The molecule has 0 radical (unpaired) electrons. The molecule has 0 spiro atoms. The lowest BCUT2D eigenvalue weighted by Crippen LogP contribution is -2.28. The van der Waals surface area contributed by atoms with E-state index in [9.17, 15) is 4.21 Å². The highest BCUT2D eigenvalue weighted by Crippen LogP contribution is 2.25. The molecule has 0 aromatic rings. The lowest BCUT2D eigenvalue weighted by atomic mass is 9.85. The van der Waals surface area contributed by atoms with Crippen molar-refractivity contribution in [3.05, 3.63) is 0 Å². The molecule has 2 nitrogen and oxygen atoms in total. The number of hydrogen-bond acceptors (Lipinski definition) is 2. The summed E-state index contributed by atoms with van der Waals surface area (Å²) in [6.45, 7) is 0. The Kier molecular flexibility index (Phi) is 4.22. The molecule has 1 aliphatic rings. The van der Waals surface area contributed by atoms with E-state index in [2.05, 4.69) is 0 Å². The zero-order valence-electron chi connectivity index (χ0n) is 7.79. The third-order valence-corrected chi connectivity index (χ3v) is 3.45. The van der Waals surface area contributed by atoms with Gasteiger partial charge in [-0.15, -0.1) is 0 Å². The topological polar surface area (TPSA) is 43.1 Å². The molecular formula is C9H19NOS. The third-order valence-electron chi connectivity index (χ3n) is 2.64. The average molecular weight is 189 g/mol. The lowest BCUT2D eigenvalue weighted by molar-refractivity contribution is 0.316. The van der Waals surface area contributed by atoms with E-state index in [1.807, 2.05) is 0 Å². The van der Waals surface area contributed by atoms with Gasteiger partial charge in [-0.25, -0.2) is 0 Å². The molecule has 0 aromatic heterocycles. The maximum Gasteiger partial charge on any atom is 0.0234 e. The molecule has 3 heteroatoms. The molecule has 3 atom stereocenters. The number of nitrogens with two attached hydrogens (primary N) is 1. The molecule has 12 heavy (non-hydrogen) atoms. The normalized spacial score (nSPS) is 33.2. The second-order valence-corrected chi connectivity index (χ2v) is 5.41. The first-order valence-electron chi connectivity index (χ1n) is 4.74. The van der Waals surface area contributed by atoms with Crippen LogP contribution >= 0.6 is 0 Å². The van der Waals surface area contributed by atoms with Crippen LogP contribution < -0.4 is 5.73 Å². The predicted molar refractivity (Wildman–Crippen MR) is 53.5 cm³/mol. The van der Waals surface area contributed by atoms with Crippen LogP contribution in [0.3, 0.4) is 0 Å². The van der Waals surface area contributed by atoms with Crippen molar-refractivity contribution in [2.45, 2.75) is 38.1 Å². The Morgan fingerprint density at radius 2 is 2.25 bits per heavy atom. The fourth-order valence-electron chi connectivity index (χ4n) is 1.93. The standard InChI is InChI=1S/C9H19NOS/c1-12(11)6-5-8-3-2-4-9(10)7-8/h8-9H,2-7,10H2,1H3. The van der Waals surface area contributed by atoms with Crippen molar-refractivity contribution in [1.82, 2.24) is 0 Å². The van der Waals surface area contributed by atoms with E-state index in [1.165, 1.54) is 19.3 Å². The average Bonchev–Trinajstić information content (AvgIpc) is 2.01. The third kappa shape index (κ3) is 3.68. The Hall–Kier alpha value is 0.110. The van der Waals surface area contributed by atoms with Gasteiger partial charge in [0.2, 0.25) is 0 Å². The molecule has 2 N–H and O–H groups in total. The van der Waals surface area contributed by atoms with E-state index in [1.54, 1.807) is 6.26 Å². The Morgan fingerprint density at radius 1 is 1.50 bits per heavy atom. The zero-order chi connectivity index (χ0) is 8.97. The first-order chi connectivity index (χ1) is 5.68. The second kappa shape index (κ2) is 4.97. The van der Waals surface area contributed by atoms with E-state index in [0.29, 0.717) is 6.04 Å². The van der Waals surface area contributed by atoms with Crippen molar-refractivity contribution in [2.24, 2.45) is 11.7 Å². The first-order valence-corrected chi connectivity index (χ1v) is 6.47. The maximum atomic E-state index is 10.8. The molecule has 0 aromatic carbocycles. The molecule has 0 saturated heterocycles. The van der Waals surface area contributed by atoms with Gasteiger partial charge in [0, 0.05) is 28.9 Å². The van der Waals surface area contributed by atoms with Crippen LogP contribution in [0.5, 0.6) is 0 Å². The van der Waals surface area contributed by atoms with Crippen molar-refractivity contribution in [3.63, 3.8) is 0 Å². The summed E-state index contributed by atoms with van der Waals surface area (Å²) in [6.07, 6.45) is 7.79. The quantitative estimate of drug-likeness (QED) is 0.726. The van der Waals surface area contributed by atoms with Crippen LogP contribution in [-0.4, -0.2) is 22.3 Å². The minimum atomic E-state index is -0.619. The highest BCUT2D eigenvalue weighted by atomic mass is 32.2. The monoisotopic (exact) mass is 189 g/mol. The van der Waals surface area contributed by atoms with Crippen LogP contribution in [0, 0.1) is 5.92 Å². The van der Waals surface area contributed by atoms with E-state index in [-0.39, 0.29) is 0 Å². The zero-order valence-corrected chi connectivity index (χ0v) is 8.61. The Morgan fingerprint density at radius 3 is 2.83 bits per heavy atom. The highest BCUT2D eigenvalue weighted by Gasteiger charge is 2.18. The van der Waals surface area contributed by atoms with Crippen molar-refractivity contribution < 1.29 is 4.21 Å². The molecule has 0 aliphatic heterocycles. The largest absolute Gasteiger partial charge is 0.328 e. The van der Waals surface area contributed by atoms with Crippen molar-refractivity contribution in [3.8, 4) is 0 Å². The maximum absolute atomic E-state index is 10.8. The summed E-state index contributed by atoms with van der Waals surface area (Å²) in [5, 5.41) is 0. The summed E-state index contributed by atoms with van der Waals surface area (Å²) >= 11 is 0. The fraction of sp³-hybridized carbons (Fsp3) is 1.00. The van der Waals surface area contributed by atoms with Crippen molar-refractivity contribution >= 4 is 10.8 Å². The van der Waals surface area contributed by atoms with Gasteiger partial charge in [0.15, 0.2) is 0 Å². The molecule has 1 rings (SSSR count). The first kappa shape index (κ1) is 10.2. The SMILES string of the molecule is CS(=O)CCC1CCCC(N)C1. The summed E-state index contributed by atoms with van der Waals surface area (Å²) < 4.78 is 10.8. The van der Waals surface area contributed by atoms with Crippen LogP contribution in [0.25, 0.3) is 0 Å². The van der Waals surface area contributed by atoms with Crippen LogP contribution in [0.4, 0.5) is 0 Å². The van der Waals surface area contributed by atoms with Gasteiger partial charge in [-0.3, -0.25) is 4.21 Å². The van der Waals surface area contributed by atoms with E-state index < -0.39 is 10.8 Å². The Labute approximate surface area is 77.4 Å². The number of hydrogen-bond donors (Lipinski definition) is 1. The van der Waals surface area contributed by atoms with Crippen LogP contribution in [0.1, 0.15) is 32.1 Å².